The van der Waals surface area contributed by atoms with Crippen LogP contribution in [0.15, 0.2) is 24.5 Å². The van der Waals surface area contributed by atoms with E-state index in [1.807, 2.05) is 0 Å². The van der Waals surface area contributed by atoms with E-state index in [4.69, 9.17) is 0 Å². The average Bonchev–Trinajstić information content (AvgIpc) is 2.75. The van der Waals surface area contributed by atoms with Crippen LogP contribution in [0.5, 0.6) is 0 Å². The van der Waals surface area contributed by atoms with Gasteiger partial charge in [-0.25, -0.2) is 0 Å². The van der Waals surface area contributed by atoms with Crippen LogP contribution in [0.25, 0.3) is 0 Å². The molecule has 0 bridgehead atoms. The summed E-state index contributed by atoms with van der Waals surface area (Å²) >= 11 is 0. The highest BCUT2D eigenvalue weighted by Crippen LogP contribution is 2.24. The van der Waals surface area contributed by atoms with Crippen molar-refractivity contribution in [2.24, 2.45) is 0 Å². The fraction of sp³-hybridized carbons (Fsp3) is 0.375. The number of nitro groups is 1. The minimum absolute atomic E-state index is 0.0619. The predicted octanol–water partition coefficient (Wildman–Crippen LogP) is 1.68. The average molecular weight is 179 g/mol. The molecule has 0 atom stereocenters. The van der Waals surface area contributed by atoms with Gasteiger partial charge in [0.15, 0.2) is 0 Å². The summed E-state index contributed by atoms with van der Waals surface area (Å²) in [5, 5.41) is 14.3. The fourth-order valence-corrected chi connectivity index (χ4v) is 1.44. The van der Waals surface area contributed by atoms with Gasteiger partial charge in [0.2, 0.25) is 0 Å². The van der Waals surface area contributed by atoms with Crippen LogP contribution >= 0.6 is 0 Å². The second-order valence-corrected chi connectivity index (χ2v) is 3.03. The van der Waals surface area contributed by atoms with Crippen molar-refractivity contribution in [1.29, 1.82) is 0 Å². The van der Waals surface area contributed by atoms with Gasteiger partial charge in [-0.15, -0.1) is 0 Å². The van der Waals surface area contributed by atoms with Gasteiger partial charge in [0, 0.05) is 0 Å². The molecule has 0 fully saturated rings. The molecule has 0 unspecified atom stereocenters. The summed E-state index contributed by atoms with van der Waals surface area (Å²) in [7, 11) is 0. The first kappa shape index (κ1) is 7.97. The van der Waals surface area contributed by atoms with Gasteiger partial charge in [-0.2, -0.15) is 5.10 Å². The molecule has 0 saturated heterocycles. The Morgan fingerprint density at radius 3 is 2.77 bits per heavy atom. The summed E-state index contributed by atoms with van der Waals surface area (Å²) in [6.45, 7) is 0. The maximum Gasteiger partial charge on any atom is 0.307 e. The van der Waals surface area contributed by atoms with E-state index < -0.39 is 4.92 Å². The second-order valence-electron chi connectivity index (χ2n) is 3.03. The molecule has 1 aromatic rings. The van der Waals surface area contributed by atoms with E-state index in [0.29, 0.717) is 0 Å². The topological polar surface area (TPSA) is 61.0 Å². The number of rotatable bonds is 2. The lowest BCUT2D eigenvalue weighted by Crippen LogP contribution is -2.04. The van der Waals surface area contributed by atoms with Gasteiger partial charge in [-0.1, -0.05) is 12.2 Å². The molecule has 5 heteroatoms. The molecule has 1 aliphatic rings. The monoisotopic (exact) mass is 179 g/mol. The second kappa shape index (κ2) is 3.01. The van der Waals surface area contributed by atoms with Crippen molar-refractivity contribution in [2.45, 2.75) is 18.9 Å². The van der Waals surface area contributed by atoms with Gasteiger partial charge >= 0.3 is 5.69 Å². The third-order valence-electron chi connectivity index (χ3n) is 2.16. The van der Waals surface area contributed by atoms with Crippen molar-refractivity contribution >= 4 is 5.69 Å². The zero-order chi connectivity index (χ0) is 9.26. The van der Waals surface area contributed by atoms with E-state index in [2.05, 4.69) is 17.3 Å². The molecule has 5 nitrogen and oxygen atoms in total. The van der Waals surface area contributed by atoms with Crippen molar-refractivity contribution in [2.75, 3.05) is 0 Å². The zero-order valence-corrected chi connectivity index (χ0v) is 6.96. The number of hydrogen-bond donors (Lipinski definition) is 0. The van der Waals surface area contributed by atoms with Gasteiger partial charge < -0.3 is 0 Å². The molecule has 1 aliphatic carbocycles. The zero-order valence-electron chi connectivity index (χ0n) is 6.96. The largest absolute Gasteiger partial charge is 0.307 e. The Bertz CT molecular complexity index is 348. The van der Waals surface area contributed by atoms with Crippen LogP contribution in [-0.4, -0.2) is 14.7 Å². The number of hydrogen-bond acceptors (Lipinski definition) is 3. The molecule has 0 spiro atoms. The van der Waals surface area contributed by atoms with Crippen LogP contribution in [0, 0.1) is 10.1 Å². The van der Waals surface area contributed by atoms with Gasteiger partial charge in [-0.3, -0.25) is 14.8 Å². The molecule has 0 aromatic carbocycles. The summed E-state index contributed by atoms with van der Waals surface area (Å²) in [6, 6.07) is 0.272. The molecule has 2 rings (SSSR count). The first-order valence-corrected chi connectivity index (χ1v) is 4.11. The highest BCUT2D eigenvalue weighted by molar-refractivity contribution is 5.21. The van der Waals surface area contributed by atoms with Crippen LogP contribution < -0.4 is 0 Å². The Morgan fingerprint density at radius 2 is 2.23 bits per heavy atom. The van der Waals surface area contributed by atoms with Crippen LogP contribution in [-0.2, 0) is 0 Å². The van der Waals surface area contributed by atoms with E-state index in [1.165, 1.54) is 12.4 Å². The Labute approximate surface area is 74.8 Å². The number of nitrogens with zero attached hydrogens (tertiary/aromatic N) is 3. The maximum absolute atomic E-state index is 10.4. The molecule has 0 amide bonds. The van der Waals surface area contributed by atoms with Crippen molar-refractivity contribution in [3.63, 3.8) is 0 Å². The van der Waals surface area contributed by atoms with E-state index in [-0.39, 0.29) is 11.7 Å². The van der Waals surface area contributed by atoms with Crippen LogP contribution in [0.3, 0.4) is 0 Å². The highest BCUT2D eigenvalue weighted by Gasteiger charge is 2.16. The molecule has 0 radical (unpaired) electrons. The Hall–Kier alpha value is -1.65. The van der Waals surface area contributed by atoms with Crippen LogP contribution in [0.2, 0.25) is 0 Å². The molecule has 1 heterocycles. The first-order chi connectivity index (χ1) is 6.27. The van der Waals surface area contributed by atoms with Gasteiger partial charge in [0.05, 0.1) is 11.0 Å². The summed E-state index contributed by atoms with van der Waals surface area (Å²) < 4.78 is 1.66. The predicted molar refractivity (Wildman–Crippen MR) is 46.3 cm³/mol. The first-order valence-electron chi connectivity index (χ1n) is 4.11. The molecule has 0 aliphatic heterocycles. The Kier molecular flexibility index (Phi) is 1.84. The maximum atomic E-state index is 10.4. The number of aromatic nitrogens is 2. The molecule has 13 heavy (non-hydrogen) atoms. The lowest BCUT2D eigenvalue weighted by molar-refractivity contribution is -0.385. The van der Waals surface area contributed by atoms with Crippen LogP contribution in [0.4, 0.5) is 5.69 Å². The smallest absolute Gasteiger partial charge is 0.262 e. The lowest BCUT2D eigenvalue weighted by atomic mass is 10.2. The minimum atomic E-state index is -0.425. The molecule has 68 valence electrons. The fourth-order valence-electron chi connectivity index (χ4n) is 1.44. The summed E-state index contributed by atoms with van der Waals surface area (Å²) in [6.07, 6.45) is 8.74. The lowest BCUT2D eigenvalue weighted by Gasteiger charge is -2.07. The standard InChI is InChI=1S/C8H9N3O2/c12-11(13)8-5-9-10(6-8)7-3-1-2-4-7/h1-2,5-7H,3-4H2. The highest BCUT2D eigenvalue weighted by atomic mass is 16.6. The Morgan fingerprint density at radius 1 is 1.54 bits per heavy atom. The normalized spacial score (nSPS) is 16.6. The van der Waals surface area contributed by atoms with E-state index in [9.17, 15) is 10.1 Å². The third-order valence-corrected chi connectivity index (χ3v) is 2.16. The molecule has 0 saturated carbocycles. The van der Waals surface area contributed by atoms with E-state index >= 15 is 0 Å². The third kappa shape index (κ3) is 1.44. The SMILES string of the molecule is O=[N+]([O-])c1cnn(C2CC=CC2)c1. The van der Waals surface area contributed by atoms with Crippen molar-refractivity contribution < 1.29 is 4.92 Å². The summed E-state index contributed by atoms with van der Waals surface area (Å²) in [5.41, 5.74) is 0.0619. The van der Waals surface area contributed by atoms with Gasteiger partial charge in [0.25, 0.3) is 0 Å². The quantitative estimate of drug-likeness (QED) is 0.394. The molecular weight excluding hydrogens is 170 g/mol. The molecule has 1 aromatic heterocycles. The summed E-state index contributed by atoms with van der Waals surface area (Å²) in [4.78, 5) is 9.94. The van der Waals surface area contributed by atoms with Gasteiger partial charge in [0.1, 0.15) is 12.4 Å². The molecular formula is C8H9N3O2. The van der Waals surface area contributed by atoms with Crippen molar-refractivity contribution in [3.05, 3.63) is 34.7 Å². The minimum Gasteiger partial charge on any atom is -0.262 e. The van der Waals surface area contributed by atoms with Crippen LogP contribution in [0.1, 0.15) is 18.9 Å². The van der Waals surface area contributed by atoms with Crippen molar-refractivity contribution in [1.82, 2.24) is 9.78 Å². The summed E-state index contributed by atoms with van der Waals surface area (Å²) in [5.74, 6) is 0. The number of allylic oxidation sites excluding steroid dienone is 2. The van der Waals surface area contributed by atoms with Gasteiger partial charge in [-0.05, 0) is 12.8 Å². The Balaban J connectivity index is 2.17. The van der Waals surface area contributed by atoms with E-state index in [0.717, 1.165) is 12.8 Å². The molecule has 0 N–H and O–H groups in total. The van der Waals surface area contributed by atoms with E-state index in [1.54, 1.807) is 4.68 Å². The van der Waals surface area contributed by atoms with Crippen molar-refractivity contribution in [3.8, 4) is 0 Å².